The van der Waals surface area contributed by atoms with Gasteiger partial charge in [-0.25, -0.2) is 13.6 Å². The van der Waals surface area contributed by atoms with Crippen LogP contribution in [0.15, 0.2) is 23.1 Å². The zero-order valence-electron chi connectivity index (χ0n) is 10.4. The molecule has 0 aliphatic rings. The molecule has 0 heterocycles. The van der Waals surface area contributed by atoms with Gasteiger partial charge in [0.05, 0.1) is 22.4 Å². The van der Waals surface area contributed by atoms with Gasteiger partial charge in [0.15, 0.2) is 0 Å². The molecule has 6 N–H and O–H groups in total. The summed E-state index contributed by atoms with van der Waals surface area (Å²) in [5.41, 5.74) is 6.56. The molecule has 0 spiro atoms. The summed E-state index contributed by atoms with van der Waals surface area (Å²) < 4.78 is 22.2. The molecule has 7 heteroatoms. The predicted molar refractivity (Wildman–Crippen MR) is 71.6 cm³/mol. The first kappa shape index (κ1) is 14.7. The Kier molecular flexibility index (Phi) is 4.55. The van der Waals surface area contributed by atoms with E-state index >= 15 is 0 Å². The van der Waals surface area contributed by atoms with Crippen molar-refractivity contribution in [3.63, 3.8) is 0 Å². The van der Waals surface area contributed by atoms with Crippen LogP contribution in [0.25, 0.3) is 0 Å². The van der Waals surface area contributed by atoms with Gasteiger partial charge in [-0.3, -0.25) is 0 Å². The predicted octanol–water partition coefficient (Wildman–Crippen LogP) is 0.345. The third kappa shape index (κ3) is 3.86. The molecule has 1 aromatic rings. The number of nitrogens with one attached hydrogen (secondary N) is 1. The van der Waals surface area contributed by atoms with Gasteiger partial charge in [-0.15, -0.1) is 0 Å². The molecule has 18 heavy (non-hydrogen) atoms. The molecule has 0 aliphatic heterocycles. The van der Waals surface area contributed by atoms with E-state index in [2.05, 4.69) is 5.32 Å². The van der Waals surface area contributed by atoms with E-state index in [1.54, 1.807) is 0 Å². The highest BCUT2D eigenvalue weighted by Gasteiger charge is 2.12. The Morgan fingerprint density at radius 3 is 2.44 bits per heavy atom. The summed E-state index contributed by atoms with van der Waals surface area (Å²) in [7, 11) is -3.74. The summed E-state index contributed by atoms with van der Waals surface area (Å²) in [6.07, 6.45) is -0.498. The second kappa shape index (κ2) is 5.55. The molecule has 0 amide bonds. The normalized spacial score (nSPS) is 13.6. The molecule has 0 saturated carbocycles. The van der Waals surface area contributed by atoms with Crippen LogP contribution in [0.5, 0.6) is 0 Å². The molecule has 0 aromatic heterocycles. The molecule has 0 fully saturated rings. The van der Waals surface area contributed by atoms with E-state index in [0.29, 0.717) is 12.2 Å². The molecule has 1 unspecified atom stereocenters. The highest BCUT2D eigenvalue weighted by atomic mass is 32.2. The van der Waals surface area contributed by atoms with Crippen molar-refractivity contribution in [1.82, 2.24) is 0 Å². The second-order valence-electron chi connectivity index (χ2n) is 4.49. The number of aliphatic hydroxyl groups excluding tert-OH is 1. The van der Waals surface area contributed by atoms with Crippen LogP contribution >= 0.6 is 0 Å². The summed E-state index contributed by atoms with van der Waals surface area (Å²) in [6, 6.07) is 4.19. The van der Waals surface area contributed by atoms with Crippen molar-refractivity contribution in [2.24, 2.45) is 11.1 Å². The maximum absolute atomic E-state index is 11.1. The van der Waals surface area contributed by atoms with E-state index in [4.69, 9.17) is 10.9 Å². The standard InChI is InChI=1S/C11H19N3O3S/c1-7(2)11(15)6-14-10-4-3-8(5-9(10)12)18(13,16)17/h3-5,7,11,14-15H,6,12H2,1-2H3,(H2,13,16,17). The smallest absolute Gasteiger partial charge is 0.238 e. The van der Waals surface area contributed by atoms with Gasteiger partial charge in [0.2, 0.25) is 10.0 Å². The minimum atomic E-state index is -3.74. The molecule has 1 atom stereocenters. The second-order valence-corrected chi connectivity index (χ2v) is 6.05. The van der Waals surface area contributed by atoms with Gasteiger partial charge in [-0.1, -0.05) is 13.8 Å². The van der Waals surface area contributed by atoms with Gasteiger partial charge >= 0.3 is 0 Å². The topological polar surface area (TPSA) is 118 Å². The molecule has 1 aromatic carbocycles. The first-order valence-electron chi connectivity index (χ1n) is 5.56. The van der Waals surface area contributed by atoms with Crippen molar-refractivity contribution in [1.29, 1.82) is 0 Å². The number of primary sulfonamides is 1. The molecular weight excluding hydrogens is 254 g/mol. The Morgan fingerprint density at radius 1 is 1.39 bits per heavy atom. The van der Waals surface area contributed by atoms with Crippen molar-refractivity contribution in [2.75, 3.05) is 17.6 Å². The molecular formula is C11H19N3O3S. The number of sulfonamides is 1. The van der Waals surface area contributed by atoms with E-state index in [0.717, 1.165) is 0 Å². The van der Waals surface area contributed by atoms with Crippen LogP contribution in [0.1, 0.15) is 13.8 Å². The van der Waals surface area contributed by atoms with Crippen molar-refractivity contribution in [3.05, 3.63) is 18.2 Å². The quantitative estimate of drug-likeness (QED) is 0.577. The lowest BCUT2D eigenvalue weighted by molar-refractivity contribution is 0.138. The zero-order chi connectivity index (χ0) is 13.9. The van der Waals surface area contributed by atoms with Crippen LogP contribution in [0.2, 0.25) is 0 Å². The molecule has 102 valence electrons. The first-order chi connectivity index (χ1) is 8.21. The summed E-state index contributed by atoms with van der Waals surface area (Å²) in [6.45, 7) is 4.15. The lowest BCUT2D eigenvalue weighted by atomic mass is 10.1. The molecule has 0 radical (unpaired) electrons. The van der Waals surface area contributed by atoms with Gasteiger partial charge in [0.1, 0.15) is 0 Å². The summed E-state index contributed by atoms with van der Waals surface area (Å²) in [5.74, 6) is 0.127. The molecule has 6 nitrogen and oxygen atoms in total. The third-order valence-electron chi connectivity index (χ3n) is 2.62. The Bertz CT molecular complexity index is 514. The monoisotopic (exact) mass is 273 g/mol. The maximum atomic E-state index is 11.1. The summed E-state index contributed by atoms with van der Waals surface area (Å²) in [5, 5.41) is 17.6. The van der Waals surface area contributed by atoms with Gasteiger partial charge in [-0.2, -0.15) is 0 Å². The van der Waals surface area contributed by atoms with Crippen LogP contribution < -0.4 is 16.2 Å². The van der Waals surface area contributed by atoms with Gasteiger partial charge in [-0.05, 0) is 24.1 Å². The van der Waals surface area contributed by atoms with E-state index in [9.17, 15) is 13.5 Å². The van der Waals surface area contributed by atoms with Crippen molar-refractivity contribution < 1.29 is 13.5 Å². The van der Waals surface area contributed by atoms with E-state index in [1.807, 2.05) is 13.8 Å². The van der Waals surface area contributed by atoms with Crippen LogP contribution in [0, 0.1) is 5.92 Å². The highest BCUT2D eigenvalue weighted by Crippen LogP contribution is 2.22. The van der Waals surface area contributed by atoms with Crippen LogP contribution in [-0.4, -0.2) is 26.2 Å². The number of anilines is 2. The Labute approximate surface area is 107 Å². The largest absolute Gasteiger partial charge is 0.397 e. The molecule has 0 bridgehead atoms. The number of nitrogens with two attached hydrogens (primary N) is 2. The average Bonchev–Trinajstić information content (AvgIpc) is 2.25. The van der Waals surface area contributed by atoms with E-state index in [1.165, 1.54) is 18.2 Å². The van der Waals surface area contributed by atoms with Gasteiger partial charge in [0, 0.05) is 6.54 Å². The minimum Gasteiger partial charge on any atom is -0.397 e. The lowest BCUT2D eigenvalue weighted by Crippen LogP contribution is -2.25. The van der Waals surface area contributed by atoms with E-state index in [-0.39, 0.29) is 16.5 Å². The maximum Gasteiger partial charge on any atom is 0.238 e. The molecule has 0 saturated heterocycles. The molecule has 1 rings (SSSR count). The number of hydrogen-bond acceptors (Lipinski definition) is 5. The number of aliphatic hydroxyl groups is 1. The minimum absolute atomic E-state index is 0.0324. The summed E-state index contributed by atoms with van der Waals surface area (Å²) in [4.78, 5) is -0.0324. The Balaban J connectivity index is 2.81. The van der Waals surface area contributed by atoms with Crippen molar-refractivity contribution in [2.45, 2.75) is 24.8 Å². The van der Waals surface area contributed by atoms with Crippen molar-refractivity contribution in [3.8, 4) is 0 Å². The van der Waals surface area contributed by atoms with Crippen LogP contribution in [0.3, 0.4) is 0 Å². The Morgan fingerprint density at radius 2 is 2.00 bits per heavy atom. The van der Waals surface area contributed by atoms with Crippen LogP contribution in [0.4, 0.5) is 11.4 Å². The highest BCUT2D eigenvalue weighted by molar-refractivity contribution is 7.89. The lowest BCUT2D eigenvalue weighted by Gasteiger charge is -2.17. The average molecular weight is 273 g/mol. The first-order valence-corrected chi connectivity index (χ1v) is 7.10. The van der Waals surface area contributed by atoms with Crippen LogP contribution in [-0.2, 0) is 10.0 Å². The number of hydrogen-bond donors (Lipinski definition) is 4. The van der Waals surface area contributed by atoms with Gasteiger partial charge < -0.3 is 16.2 Å². The fourth-order valence-corrected chi connectivity index (χ4v) is 1.88. The number of nitrogen functional groups attached to an aromatic ring is 1. The fraction of sp³-hybridized carbons (Fsp3) is 0.455. The Hall–Kier alpha value is -1.31. The van der Waals surface area contributed by atoms with Crippen molar-refractivity contribution >= 4 is 21.4 Å². The van der Waals surface area contributed by atoms with E-state index < -0.39 is 16.1 Å². The summed E-state index contributed by atoms with van der Waals surface area (Å²) >= 11 is 0. The van der Waals surface area contributed by atoms with Gasteiger partial charge in [0.25, 0.3) is 0 Å². The zero-order valence-corrected chi connectivity index (χ0v) is 11.2. The number of benzene rings is 1. The SMILES string of the molecule is CC(C)C(O)CNc1ccc(S(N)(=O)=O)cc1N. The number of rotatable bonds is 5. The fourth-order valence-electron chi connectivity index (χ4n) is 1.33. The molecule has 0 aliphatic carbocycles. The third-order valence-corrected chi connectivity index (χ3v) is 3.53.